The maximum absolute atomic E-state index is 5.95. The Morgan fingerprint density at radius 2 is 1.95 bits per heavy atom. The fraction of sp³-hybridized carbons (Fsp3) is 0.600. The van der Waals surface area contributed by atoms with Crippen molar-refractivity contribution in [2.75, 3.05) is 14.2 Å². The zero-order valence-electron chi connectivity index (χ0n) is 12.0. The summed E-state index contributed by atoms with van der Waals surface area (Å²) in [6.07, 6.45) is 3.35. The van der Waals surface area contributed by atoms with Crippen LogP contribution in [0.4, 0.5) is 0 Å². The molecule has 3 unspecified atom stereocenters. The van der Waals surface area contributed by atoms with Crippen LogP contribution in [-0.2, 0) is 0 Å². The molecule has 2 rings (SSSR count). The van der Waals surface area contributed by atoms with E-state index in [1.54, 1.807) is 14.2 Å². The largest absolute Gasteiger partial charge is 0.493 e. The number of hydrogen-bond acceptors (Lipinski definition) is 4. The topological polar surface area (TPSA) is 56.5 Å². The van der Waals surface area contributed by atoms with Crippen LogP contribution in [0.15, 0.2) is 18.2 Å². The summed E-state index contributed by atoms with van der Waals surface area (Å²) in [4.78, 5) is 0. The van der Waals surface area contributed by atoms with Crippen molar-refractivity contribution in [2.24, 2.45) is 5.73 Å². The van der Waals surface area contributed by atoms with Gasteiger partial charge in [0.15, 0.2) is 11.5 Å². The van der Waals surface area contributed by atoms with Crippen LogP contribution in [0.2, 0.25) is 0 Å². The molecule has 1 fully saturated rings. The Labute approximate surface area is 115 Å². The molecule has 1 saturated carbocycles. The Balaban J connectivity index is 2.04. The first kappa shape index (κ1) is 14.2. The summed E-state index contributed by atoms with van der Waals surface area (Å²) in [5, 5.41) is 3.64. The van der Waals surface area contributed by atoms with Crippen molar-refractivity contribution < 1.29 is 9.47 Å². The lowest BCUT2D eigenvalue weighted by Gasteiger charge is -2.20. The Kier molecular flexibility index (Phi) is 4.66. The van der Waals surface area contributed by atoms with Gasteiger partial charge in [-0.15, -0.1) is 0 Å². The molecular formula is C15H24N2O2. The smallest absolute Gasteiger partial charge is 0.161 e. The minimum atomic E-state index is 0.287. The molecule has 0 heterocycles. The quantitative estimate of drug-likeness (QED) is 0.856. The van der Waals surface area contributed by atoms with E-state index in [-0.39, 0.29) is 6.04 Å². The summed E-state index contributed by atoms with van der Waals surface area (Å²) in [6, 6.07) is 7.23. The van der Waals surface area contributed by atoms with Crippen molar-refractivity contribution in [1.29, 1.82) is 0 Å². The third-order valence-electron chi connectivity index (χ3n) is 3.87. The van der Waals surface area contributed by atoms with Crippen molar-refractivity contribution in [2.45, 2.75) is 44.3 Å². The Bertz CT molecular complexity index is 423. The highest BCUT2D eigenvalue weighted by atomic mass is 16.5. The number of ether oxygens (including phenoxy) is 2. The summed E-state index contributed by atoms with van der Waals surface area (Å²) in [5.41, 5.74) is 7.15. The molecule has 106 valence electrons. The predicted octanol–water partition coefficient (Wildman–Crippen LogP) is 2.23. The minimum absolute atomic E-state index is 0.287. The van der Waals surface area contributed by atoms with Crippen LogP contribution in [0, 0.1) is 0 Å². The van der Waals surface area contributed by atoms with Gasteiger partial charge < -0.3 is 20.5 Å². The summed E-state index contributed by atoms with van der Waals surface area (Å²) in [5.74, 6) is 1.54. The normalized spacial score (nSPS) is 24.2. The van der Waals surface area contributed by atoms with Crippen LogP contribution in [0.5, 0.6) is 11.5 Å². The molecule has 19 heavy (non-hydrogen) atoms. The number of nitrogens with one attached hydrogen (secondary N) is 1. The third kappa shape index (κ3) is 3.39. The first-order chi connectivity index (χ1) is 9.13. The molecular weight excluding hydrogens is 240 g/mol. The molecule has 3 N–H and O–H groups in total. The number of hydrogen-bond donors (Lipinski definition) is 2. The molecule has 4 heteroatoms. The van der Waals surface area contributed by atoms with E-state index in [9.17, 15) is 0 Å². The molecule has 1 aromatic carbocycles. The molecule has 0 radical (unpaired) electrons. The third-order valence-corrected chi connectivity index (χ3v) is 3.87. The monoisotopic (exact) mass is 264 g/mol. The van der Waals surface area contributed by atoms with Crippen LogP contribution >= 0.6 is 0 Å². The molecule has 0 aromatic heterocycles. The summed E-state index contributed by atoms with van der Waals surface area (Å²) in [6.45, 7) is 2.17. The van der Waals surface area contributed by atoms with Crippen molar-refractivity contribution in [1.82, 2.24) is 5.32 Å². The molecule has 1 aliphatic carbocycles. The van der Waals surface area contributed by atoms with Gasteiger partial charge in [-0.3, -0.25) is 0 Å². The highest BCUT2D eigenvalue weighted by Gasteiger charge is 2.23. The average molecular weight is 264 g/mol. The van der Waals surface area contributed by atoms with Gasteiger partial charge in [-0.25, -0.2) is 0 Å². The number of methoxy groups -OCH3 is 2. The van der Waals surface area contributed by atoms with E-state index in [1.807, 2.05) is 12.1 Å². The molecule has 0 saturated heterocycles. The second-order valence-corrected chi connectivity index (χ2v) is 5.27. The van der Waals surface area contributed by atoms with Gasteiger partial charge in [0, 0.05) is 18.1 Å². The van der Waals surface area contributed by atoms with E-state index in [0.29, 0.717) is 12.1 Å². The number of rotatable bonds is 5. The maximum Gasteiger partial charge on any atom is 0.161 e. The van der Waals surface area contributed by atoms with Crippen molar-refractivity contribution in [3.63, 3.8) is 0 Å². The molecule has 0 spiro atoms. The van der Waals surface area contributed by atoms with Gasteiger partial charge in [-0.2, -0.15) is 0 Å². The van der Waals surface area contributed by atoms with Gasteiger partial charge in [0.25, 0.3) is 0 Å². The lowest BCUT2D eigenvalue weighted by atomic mass is 10.1. The van der Waals surface area contributed by atoms with Gasteiger partial charge in [-0.05, 0) is 43.9 Å². The Hall–Kier alpha value is -1.26. The highest BCUT2D eigenvalue weighted by Crippen LogP contribution is 2.30. The minimum Gasteiger partial charge on any atom is -0.493 e. The summed E-state index contributed by atoms with van der Waals surface area (Å²) >= 11 is 0. The molecule has 1 aliphatic rings. The average Bonchev–Trinajstić information content (AvgIpc) is 2.83. The lowest BCUT2D eigenvalue weighted by Crippen LogP contribution is -2.30. The van der Waals surface area contributed by atoms with E-state index in [2.05, 4.69) is 18.3 Å². The van der Waals surface area contributed by atoms with Crippen LogP contribution in [0.25, 0.3) is 0 Å². The van der Waals surface area contributed by atoms with E-state index in [0.717, 1.165) is 24.3 Å². The van der Waals surface area contributed by atoms with E-state index in [4.69, 9.17) is 15.2 Å². The van der Waals surface area contributed by atoms with Gasteiger partial charge in [0.1, 0.15) is 0 Å². The molecule has 4 nitrogen and oxygen atoms in total. The molecule has 3 atom stereocenters. The molecule has 1 aromatic rings. The Morgan fingerprint density at radius 3 is 2.53 bits per heavy atom. The zero-order valence-corrected chi connectivity index (χ0v) is 12.0. The second-order valence-electron chi connectivity index (χ2n) is 5.27. The summed E-state index contributed by atoms with van der Waals surface area (Å²) < 4.78 is 10.6. The Morgan fingerprint density at radius 1 is 1.21 bits per heavy atom. The second kappa shape index (κ2) is 6.26. The maximum atomic E-state index is 5.95. The van der Waals surface area contributed by atoms with Crippen LogP contribution in [-0.4, -0.2) is 26.3 Å². The highest BCUT2D eigenvalue weighted by molar-refractivity contribution is 5.43. The van der Waals surface area contributed by atoms with Gasteiger partial charge >= 0.3 is 0 Å². The zero-order chi connectivity index (χ0) is 13.8. The van der Waals surface area contributed by atoms with Crippen molar-refractivity contribution in [3.8, 4) is 11.5 Å². The number of nitrogens with two attached hydrogens (primary N) is 1. The molecule has 0 aliphatic heterocycles. The fourth-order valence-corrected chi connectivity index (χ4v) is 2.74. The standard InChI is InChI=1S/C15H24N2O2/c1-10(17-13-6-5-12(16)9-13)11-4-7-14(18-2)15(8-11)19-3/h4,7-8,10,12-13,17H,5-6,9,16H2,1-3H3. The van der Waals surface area contributed by atoms with Gasteiger partial charge in [-0.1, -0.05) is 6.07 Å². The van der Waals surface area contributed by atoms with E-state index < -0.39 is 0 Å². The number of benzene rings is 1. The first-order valence-electron chi connectivity index (χ1n) is 6.87. The van der Waals surface area contributed by atoms with E-state index in [1.165, 1.54) is 12.0 Å². The van der Waals surface area contributed by atoms with Crippen molar-refractivity contribution >= 4 is 0 Å². The summed E-state index contributed by atoms with van der Waals surface area (Å²) in [7, 11) is 3.31. The van der Waals surface area contributed by atoms with Crippen molar-refractivity contribution in [3.05, 3.63) is 23.8 Å². The lowest BCUT2D eigenvalue weighted by molar-refractivity contribution is 0.353. The first-order valence-corrected chi connectivity index (χ1v) is 6.87. The predicted molar refractivity (Wildman–Crippen MR) is 76.7 cm³/mol. The van der Waals surface area contributed by atoms with Crippen LogP contribution < -0.4 is 20.5 Å². The molecule has 0 amide bonds. The SMILES string of the molecule is COc1ccc(C(C)NC2CCC(N)C2)cc1OC. The fourth-order valence-electron chi connectivity index (χ4n) is 2.74. The van der Waals surface area contributed by atoms with Crippen LogP contribution in [0.1, 0.15) is 37.8 Å². The van der Waals surface area contributed by atoms with Crippen LogP contribution in [0.3, 0.4) is 0 Å². The van der Waals surface area contributed by atoms with E-state index >= 15 is 0 Å². The van der Waals surface area contributed by atoms with Gasteiger partial charge in [0.2, 0.25) is 0 Å². The molecule has 0 bridgehead atoms. The van der Waals surface area contributed by atoms with Gasteiger partial charge in [0.05, 0.1) is 14.2 Å².